The van der Waals surface area contributed by atoms with Crippen molar-refractivity contribution in [2.45, 2.75) is 19.4 Å². The molecule has 2 aromatic heterocycles. The zero-order chi connectivity index (χ0) is 10.8. The molecule has 1 atom stereocenters. The molecule has 0 aliphatic rings. The summed E-state index contributed by atoms with van der Waals surface area (Å²) in [6.45, 7) is 2.07. The second-order valence-corrected chi connectivity index (χ2v) is 4.36. The van der Waals surface area contributed by atoms with Crippen LogP contribution in [0.2, 0.25) is 0 Å². The maximum Gasteiger partial charge on any atom is 0.221 e. The monoisotopic (exact) mass is 241 g/mol. The number of aromatic amines is 1. The number of nitrogen functional groups attached to an aromatic ring is 1. The van der Waals surface area contributed by atoms with E-state index < -0.39 is 0 Å². The van der Waals surface area contributed by atoms with Gasteiger partial charge in [0.05, 0.1) is 6.04 Å². The Morgan fingerprint density at radius 1 is 1.73 bits per heavy atom. The Bertz CT molecular complexity index is 483. The highest BCUT2D eigenvalue weighted by atomic mass is 32.1. The van der Waals surface area contributed by atoms with E-state index >= 15 is 0 Å². The van der Waals surface area contributed by atoms with Gasteiger partial charge in [-0.2, -0.15) is 0 Å². The van der Waals surface area contributed by atoms with Crippen molar-refractivity contribution >= 4 is 29.5 Å². The first-order valence-corrected chi connectivity index (χ1v) is 5.84. The molecular formula is C8H11N5S2. The molecule has 7 heteroatoms. The van der Waals surface area contributed by atoms with Crippen LogP contribution < -0.4 is 5.73 Å². The number of nitrogens with zero attached hydrogens (tertiary/aromatic N) is 3. The van der Waals surface area contributed by atoms with Crippen LogP contribution in [0.25, 0.3) is 0 Å². The molecule has 2 heterocycles. The molecule has 2 aromatic rings. The van der Waals surface area contributed by atoms with E-state index in [-0.39, 0.29) is 6.04 Å². The number of nitrogens with two attached hydrogens (primary N) is 1. The quantitative estimate of drug-likeness (QED) is 0.806. The molecule has 0 saturated carbocycles. The second-order valence-electron chi connectivity index (χ2n) is 3.05. The topological polar surface area (TPSA) is 72.5 Å². The average Bonchev–Trinajstić information content (AvgIpc) is 2.83. The van der Waals surface area contributed by atoms with E-state index in [2.05, 4.69) is 22.1 Å². The Morgan fingerprint density at radius 3 is 3.00 bits per heavy atom. The van der Waals surface area contributed by atoms with Crippen LogP contribution in [-0.2, 0) is 0 Å². The van der Waals surface area contributed by atoms with E-state index in [1.807, 2.05) is 5.38 Å². The van der Waals surface area contributed by atoms with Crippen LogP contribution >= 0.6 is 23.6 Å². The van der Waals surface area contributed by atoms with Crippen molar-refractivity contribution in [1.29, 1.82) is 0 Å². The standard InChI is InChI=1S/C8H11N5S2/c1-2-5(6-10-3-4-15-6)13-7(9)11-12-8(13)14/h3-5H,2H2,1H3,(H2,9,11)(H,12,14). The minimum absolute atomic E-state index is 0.0799. The van der Waals surface area contributed by atoms with E-state index in [0.717, 1.165) is 11.4 Å². The predicted octanol–water partition coefficient (Wildman–Crippen LogP) is 1.98. The Labute approximate surface area is 96.0 Å². The molecule has 0 spiro atoms. The van der Waals surface area contributed by atoms with Crippen LogP contribution in [0.3, 0.4) is 0 Å². The summed E-state index contributed by atoms with van der Waals surface area (Å²) >= 11 is 6.73. The van der Waals surface area contributed by atoms with Gasteiger partial charge in [-0.25, -0.2) is 10.1 Å². The first-order valence-electron chi connectivity index (χ1n) is 4.55. The maximum atomic E-state index is 5.75. The van der Waals surface area contributed by atoms with E-state index in [0.29, 0.717) is 10.7 Å². The summed E-state index contributed by atoms with van der Waals surface area (Å²) in [5.41, 5.74) is 5.75. The van der Waals surface area contributed by atoms with E-state index in [9.17, 15) is 0 Å². The van der Waals surface area contributed by atoms with Gasteiger partial charge in [0.25, 0.3) is 0 Å². The zero-order valence-corrected chi connectivity index (χ0v) is 9.81. The molecule has 0 aliphatic heterocycles. The molecule has 15 heavy (non-hydrogen) atoms. The molecule has 0 aromatic carbocycles. The summed E-state index contributed by atoms with van der Waals surface area (Å²) in [6.07, 6.45) is 2.66. The molecule has 2 rings (SSSR count). The lowest BCUT2D eigenvalue weighted by atomic mass is 10.2. The average molecular weight is 241 g/mol. The molecule has 0 fully saturated rings. The molecule has 1 unspecified atom stereocenters. The minimum atomic E-state index is 0.0799. The molecule has 0 aliphatic carbocycles. The number of H-pyrrole nitrogens is 1. The fourth-order valence-electron chi connectivity index (χ4n) is 1.48. The third-order valence-corrected chi connectivity index (χ3v) is 3.33. The van der Waals surface area contributed by atoms with Crippen LogP contribution in [0.4, 0.5) is 5.95 Å². The second kappa shape index (κ2) is 4.11. The van der Waals surface area contributed by atoms with Gasteiger partial charge in [-0.3, -0.25) is 4.57 Å². The van der Waals surface area contributed by atoms with E-state index in [4.69, 9.17) is 18.0 Å². The highest BCUT2D eigenvalue weighted by molar-refractivity contribution is 7.71. The van der Waals surface area contributed by atoms with Gasteiger partial charge in [-0.15, -0.1) is 16.4 Å². The van der Waals surface area contributed by atoms with Crippen molar-refractivity contribution in [2.75, 3.05) is 5.73 Å². The zero-order valence-electron chi connectivity index (χ0n) is 8.17. The molecule has 3 N–H and O–H groups in total. The summed E-state index contributed by atoms with van der Waals surface area (Å²) in [7, 11) is 0. The van der Waals surface area contributed by atoms with Crippen LogP contribution in [0, 0.1) is 4.77 Å². The smallest absolute Gasteiger partial charge is 0.221 e. The van der Waals surface area contributed by atoms with Gasteiger partial charge >= 0.3 is 0 Å². The Kier molecular flexibility index (Phi) is 2.83. The Balaban J connectivity index is 2.48. The number of anilines is 1. The fourth-order valence-corrected chi connectivity index (χ4v) is 2.56. The summed E-state index contributed by atoms with van der Waals surface area (Å²) in [4.78, 5) is 4.28. The number of aromatic nitrogens is 4. The van der Waals surface area contributed by atoms with E-state index in [1.54, 1.807) is 22.1 Å². The van der Waals surface area contributed by atoms with Gasteiger partial charge in [0.1, 0.15) is 5.01 Å². The summed E-state index contributed by atoms with van der Waals surface area (Å²) in [5.74, 6) is 0.405. The van der Waals surface area contributed by atoms with Gasteiger partial charge < -0.3 is 5.73 Å². The van der Waals surface area contributed by atoms with Gasteiger partial charge in [0, 0.05) is 11.6 Å². The highest BCUT2D eigenvalue weighted by Crippen LogP contribution is 2.25. The third-order valence-electron chi connectivity index (χ3n) is 2.17. The van der Waals surface area contributed by atoms with Crippen molar-refractivity contribution in [3.05, 3.63) is 21.4 Å². The predicted molar refractivity (Wildman–Crippen MR) is 62.4 cm³/mol. The summed E-state index contributed by atoms with van der Waals surface area (Å²) < 4.78 is 2.34. The largest absolute Gasteiger partial charge is 0.368 e. The summed E-state index contributed by atoms with van der Waals surface area (Å²) in [6, 6.07) is 0.0799. The summed E-state index contributed by atoms with van der Waals surface area (Å²) in [5, 5.41) is 9.52. The first-order chi connectivity index (χ1) is 7.24. The number of hydrogen-bond donors (Lipinski definition) is 2. The molecule has 80 valence electrons. The molecule has 0 radical (unpaired) electrons. The van der Waals surface area contributed by atoms with Gasteiger partial charge in [0.2, 0.25) is 5.95 Å². The van der Waals surface area contributed by atoms with Gasteiger partial charge in [-0.05, 0) is 18.6 Å². The molecule has 5 nitrogen and oxygen atoms in total. The first kappa shape index (κ1) is 10.3. The Hall–Kier alpha value is -1.21. The van der Waals surface area contributed by atoms with Crippen molar-refractivity contribution in [3.63, 3.8) is 0 Å². The molecular weight excluding hydrogens is 230 g/mol. The lowest BCUT2D eigenvalue weighted by Gasteiger charge is -2.13. The van der Waals surface area contributed by atoms with E-state index in [1.165, 1.54) is 0 Å². The third kappa shape index (κ3) is 1.80. The lowest BCUT2D eigenvalue weighted by Crippen LogP contribution is -2.12. The van der Waals surface area contributed by atoms with Crippen molar-refractivity contribution in [1.82, 2.24) is 19.7 Å². The van der Waals surface area contributed by atoms with Crippen molar-refractivity contribution < 1.29 is 0 Å². The molecule has 0 bridgehead atoms. The Morgan fingerprint density at radius 2 is 2.53 bits per heavy atom. The number of thiazole rings is 1. The fraction of sp³-hybridized carbons (Fsp3) is 0.375. The molecule has 0 amide bonds. The number of rotatable bonds is 3. The lowest BCUT2D eigenvalue weighted by molar-refractivity contribution is 0.563. The number of nitrogens with one attached hydrogen (secondary N) is 1. The maximum absolute atomic E-state index is 5.75. The van der Waals surface area contributed by atoms with Crippen LogP contribution in [0.5, 0.6) is 0 Å². The van der Waals surface area contributed by atoms with Gasteiger partial charge in [0.15, 0.2) is 4.77 Å². The minimum Gasteiger partial charge on any atom is -0.368 e. The van der Waals surface area contributed by atoms with Gasteiger partial charge in [-0.1, -0.05) is 6.92 Å². The van der Waals surface area contributed by atoms with Crippen LogP contribution in [-0.4, -0.2) is 19.7 Å². The van der Waals surface area contributed by atoms with Crippen LogP contribution in [0.1, 0.15) is 24.4 Å². The van der Waals surface area contributed by atoms with Crippen LogP contribution in [0.15, 0.2) is 11.6 Å². The SMILES string of the molecule is CCC(c1nccs1)n1c(N)n[nH]c1=S. The number of hydrogen-bond acceptors (Lipinski definition) is 5. The highest BCUT2D eigenvalue weighted by Gasteiger charge is 2.17. The van der Waals surface area contributed by atoms with Crippen molar-refractivity contribution in [3.8, 4) is 0 Å². The van der Waals surface area contributed by atoms with Crippen molar-refractivity contribution in [2.24, 2.45) is 0 Å². The normalized spacial score (nSPS) is 12.9. The molecule has 0 saturated heterocycles.